The quantitative estimate of drug-likeness (QED) is 0.785. The molecule has 0 saturated carbocycles. The third-order valence-electron chi connectivity index (χ3n) is 3.23. The van der Waals surface area contributed by atoms with Crippen LogP contribution in [-0.2, 0) is 16.6 Å². The highest BCUT2D eigenvalue weighted by atomic mass is 32.2. The molecule has 0 spiro atoms. The van der Waals surface area contributed by atoms with Crippen molar-refractivity contribution < 1.29 is 8.42 Å². The Morgan fingerprint density at radius 3 is 2.65 bits per heavy atom. The highest BCUT2D eigenvalue weighted by Crippen LogP contribution is 2.20. The number of aromatic amines is 1. The minimum absolute atomic E-state index is 0.207. The second kappa shape index (κ2) is 5.78. The summed E-state index contributed by atoms with van der Waals surface area (Å²) in [6.45, 7) is 4.07. The number of sulfonamides is 1. The molecule has 0 aliphatic heterocycles. The number of hydrogen-bond donors (Lipinski definition) is 3. The molecule has 0 saturated heterocycles. The van der Waals surface area contributed by atoms with Crippen LogP contribution in [-0.4, -0.2) is 13.4 Å². The largest absolute Gasteiger partial charge is 0.363 e. The number of hydrogen-bond acceptors (Lipinski definition) is 3. The number of H-pyrrole nitrogens is 1. The van der Waals surface area contributed by atoms with Gasteiger partial charge in [-0.25, -0.2) is 13.1 Å². The molecule has 0 aliphatic rings. The van der Waals surface area contributed by atoms with Gasteiger partial charge in [0, 0.05) is 24.5 Å². The smallest absolute Gasteiger partial charge is 0.242 e. The van der Waals surface area contributed by atoms with Crippen molar-refractivity contribution in [2.75, 3.05) is 0 Å². The van der Waals surface area contributed by atoms with Crippen LogP contribution in [0.25, 0.3) is 0 Å². The lowest BCUT2D eigenvalue weighted by atomic mass is 10.0. The fourth-order valence-electron chi connectivity index (χ4n) is 2.13. The van der Waals surface area contributed by atoms with Crippen LogP contribution in [0.15, 0.2) is 41.4 Å². The van der Waals surface area contributed by atoms with Gasteiger partial charge < -0.3 is 10.7 Å². The van der Waals surface area contributed by atoms with Crippen molar-refractivity contribution in [3.63, 3.8) is 0 Å². The van der Waals surface area contributed by atoms with Crippen LogP contribution < -0.4 is 10.5 Å². The molecule has 0 fully saturated rings. The second-order valence-corrected chi connectivity index (χ2v) is 6.48. The Labute approximate surface area is 119 Å². The molecule has 108 valence electrons. The topological polar surface area (TPSA) is 88.0 Å². The van der Waals surface area contributed by atoms with Crippen molar-refractivity contribution in [2.24, 2.45) is 5.73 Å². The predicted molar refractivity (Wildman–Crippen MR) is 78.6 cm³/mol. The van der Waals surface area contributed by atoms with E-state index in [1.807, 2.05) is 38.1 Å². The summed E-state index contributed by atoms with van der Waals surface area (Å²) < 4.78 is 27.2. The zero-order chi connectivity index (χ0) is 14.8. The summed E-state index contributed by atoms with van der Waals surface area (Å²) in [5.41, 5.74) is 8.18. The van der Waals surface area contributed by atoms with Crippen LogP contribution in [0.2, 0.25) is 0 Å². The van der Waals surface area contributed by atoms with E-state index < -0.39 is 10.0 Å². The van der Waals surface area contributed by atoms with Crippen LogP contribution in [0.3, 0.4) is 0 Å². The van der Waals surface area contributed by atoms with Crippen molar-refractivity contribution in [3.8, 4) is 0 Å². The van der Waals surface area contributed by atoms with Crippen LogP contribution in [0.1, 0.15) is 29.8 Å². The first kappa shape index (κ1) is 14.8. The van der Waals surface area contributed by atoms with Gasteiger partial charge in [-0.3, -0.25) is 0 Å². The third-order valence-corrected chi connectivity index (χ3v) is 4.75. The SMILES string of the molecule is Cc1ccccc1C(C)NS(=O)(=O)c1c[nH]c(CN)c1. The van der Waals surface area contributed by atoms with E-state index in [2.05, 4.69) is 9.71 Å². The Balaban J connectivity index is 2.22. The first-order valence-corrected chi connectivity index (χ1v) is 7.87. The van der Waals surface area contributed by atoms with E-state index in [1.54, 1.807) is 6.07 Å². The maximum atomic E-state index is 12.3. The molecule has 5 nitrogen and oxygen atoms in total. The Morgan fingerprint density at radius 2 is 2.05 bits per heavy atom. The van der Waals surface area contributed by atoms with Gasteiger partial charge in [-0.1, -0.05) is 24.3 Å². The highest BCUT2D eigenvalue weighted by Gasteiger charge is 2.20. The molecule has 0 radical (unpaired) electrons. The Bertz CT molecular complexity index is 692. The van der Waals surface area contributed by atoms with E-state index in [-0.39, 0.29) is 17.5 Å². The average molecular weight is 293 g/mol. The number of aromatic nitrogens is 1. The van der Waals surface area contributed by atoms with Gasteiger partial charge in [-0.2, -0.15) is 0 Å². The van der Waals surface area contributed by atoms with E-state index >= 15 is 0 Å². The monoisotopic (exact) mass is 293 g/mol. The molecule has 1 unspecified atom stereocenters. The first-order chi connectivity index (χ1) is 9.44. The van der Waals surface area contributed by atoms with Gasteiger partial charge >= 0.3 is 0 Å². The van der Waals surface area contributed by atoms with Gasteiger partial charge in [-0.15, -0.1) is 0 Å². The van der Waals surface area contributed by atoms with Crippen LogP contribution in [0.4, 0.5) is 0 Å². The first-order valence-electron chi connectivity index (χ1n) is 6.39. The summed E-state index contributed by atoms with van der Waals surface area (Å²) in [5.74, 6) is 0. The molecule has 1 heterocycles. The zero-order valence-corrected chi connectivity index (χ0v) is 12.4. The summed E-state index contributed by atoms with van der Waals surface area (Å²) in [6.07, 6.45) is 1.45. The maximum absolute atomic E-state index is 12.3. The van der Waals surface area contributed by atoms with Crippen LogP contribution >= 0.6 is 0 Å². The average Bonchev–Trinajstić information content (AvgIpc) is 2.88. The summed E-state index contributed by atoms with van der Waals surface area (Å²) in [4.78, 5) is 3.05. The molecule has 1 aromatic heterocycles. The van der Waals surface area contributed by atoms with E-state index in [1.165, 1.54) is 6.20 Å². The Hall–Kier alpha value is -1.63. The van der Waals surface area contributed by atoms with Gasteiger partial charge in [0.25, 0.3) is 0 Å². The van der Waals surface area contributed by atoms with Gasteiger partial charge in [0.05, 0.1) is 4.90 Å². The number of nitrogens with one attached hydrogen (secondary N) is 2. The van der Waals surface area contributed by atoms with E-state index in [0.717, 1.165) is 11.1 Å². The normalized spacial score (nSPS) is 13.3. The van der Waals surface area contributed by atoms with Gasteiger partial charge in [0.15, 0.2) is 0 Å². The van der Waals surface area contributed by atoms with Crippen molar-refractivity contribution >= 4 is 10.0 Å². The van der Waals surface area contributed by atoms with Gasteiger partial charge in [0.2, 0.25) is 10.0 Å². The lowest BCUT2D eigenvalue weighted by Gasteiger charge is -2.16. The minimum Gasteiger partial charge on any atom is -0.363 e. The number of benzene rings is 1. The van der Waals surface area contributed by atoms with E-state index in [9.17, 15) is 8.42 Å². The minimum atomic E-state index is -3.55. The molecule has 6 heteroatoms. The fourth-order valence-corrected chi connectivity index (χ4v) is 3.37. The molecule has 2 rings (SSSR count). The van der Waals surface area contributed by atoms with Crippen LogP contribution in [0.5, 0.6) is 0 Å². The molecule has 0 amide bonds. The van der Waals surface area contributed by atoms with Crippen LogP contribution in [0, 0.1) is 6.92 Å². The molecule has 20 heavy (non-hydrogen) atoms. The molecule has 2 aromatic rings. The fraction of sp³-hybridized carbons (Fsp3) is 0.286. The summed E-state index contributed by atoms with van der Waals surface area (Å²) in [6, 6.07) is 8.97. The zero-order valence-electron chi connectivity index (χ0n) is 11.6. The van der Waals surface area contributed by atoms with Crippen molar-refractivity contribution in [1.29, 1.82) is 0 Å². The number of nitrogens with two attached hydrogens (primary N) is 1. The second-order valence-electron chi connectivity index (χ2n) is 4.76. The van der Waals surface area contributed by atoms with Crippen molar-refractivity contribution in [1.82, 2.24) is 9.71 Å². The molecule has 0 bridgehead atoms. The molecule has 4 N–H and O–H groups in total. The number of aryl methyl sites for hydroxylation is 1. The van der Waals surface area contributed by atoms with Crippen molar-refractivity contribution in [2.45, 2.75) is 31.3 Å². The van der Waals surface area contributed by atoms with E-state index in [4.69, 9.17) is 5.73 Å². The van der Waals surface area contributed by atoms with Crippen molar-refractivity contribution in [3.05, 3.63) is 53.3 Å². The lowest BCUT2D eigenvalue weighted by molar-refractivity contribution is 0.566. The summed E-state index contributed by atoms with van der Waals surface area (Å²) in [7, 11) is -3.55. The molecular formula is C14H19N3O2S. The molecular weight excluding hydrogens is 274 g/mol. The predicted octanol–water partition coefficient (Wildman–Crippen LogP) is 1.82. The van der Waals surface area contributed by atoms with Gasteiger partial charge in [0.1, 0.15) is 0 Å². The maximum Gasteiger partial charge on any atom is 0.242 e. The molecule has 1 atom stereocenters. The van der Waals surface area contributed by atoms with Gasteiger partial charge in [-0.05, 0) is 31.0 Å². The standard InChI is InChI=1S/C14H19N3O2S/c1-10-5-3-4-6-14(10)11(2)17-20(18,19)13-7-12(8-15)16-9-13/h3-7,9,11,16-17H,8,15H2,1-2H3. The molecule has 1 aromatic carbocycles. The highest BCUT2D eigenvalue weighted by molar-refractivity contribution is 7.89. The molecule has 0 aliphatic carbocycles. The summed E-state index contributed by atoms with van der Waals surface area (Å²) in [5, 5.41) is 0. The third kappa shape index (κ3) is 3.09. The number of rotatable bonds is 5. The summed E-state index contributed by atoms with van der Waals surface area (Å²) >= 11 is 0. The van der Waals surface area contributed by atoms with E-state index in [0.29, 0.717) is 5.69 Å². The Kier molecular flexibility index (Phi) is 4.27. The lowest BCUT2D eigenvalue weighted by Crippen LogP contribution is -2.27. The Morgan fingerprint density at radius 1 is 1.35 bits per heavy atom.